The molecule has 0 atom stereocenters. The van der Waals surface area contributed by atoms with E-state index in [1.165, 1.54) is 6.92 Å². The Morgan fingerprint density at radius 3 is 2.42 bits per heavy atom. The standard InChI is InChI=1S/C15H9N5O6/c1-6-9(5-16)13(21)17-12(20-26)11(6)19-18-10-4-7(14(22)23)2-3-8(10)15(24)25/h2-4H,1H3,(H,17,21)(H,22,23)(H,24,25). The normalized spacial score (nSPS) is 10.5. The third kappa shape index (κ3) is 3.34. The van der Waals surface area contributed by atoms with Gasteiger partial charge in [0.15, 0.2) is 0 Å². The van der Waals surface area contributed by atoms with Crippen molar-refractivity contribution in [2.75, 3.05) is 0 Å². The number of aromatic amines is 1. The summed E-state index contributed by atoms with van der Waals surface area (Å²) in [6.45, 7) is 1.34. The lowest BCUT2D eigenvalue weighted by molar-refractivity contribution is 0.0682. The molecule has 1 heterocycles. The number of azo groups is 1. The van der Waals surface area contributed by atoms with Crippen LogP contribution in [0.15, 0.2) is 38.4 Å². The van der Waals surface area contributed by atoms with Gasteiger partial charge in [0.1, 0.15) is 23.0 Å². The first-order valence-electron chi connectivity index (χ1n) is 6.82. The molecule has 0 aliphatic carbocycles. The number of pyridine rings is 1. The van der Waals surface area contributed by atoms with E-state index in [0.29, 0.717) is 0 Å². The predicted octanol–water partition coefficient (Wildman–Crippen LogP) is 2.76. The predicted molar refractivity (Wildman–Crippen MR) is 86.5 cm³/mol. The molecule has 0 radical (unpaired) electrons. The van der Waals surface area contributed by atoms with Crippen LogP contribution in [-0.2, 0) is 0 Å². The van der Waals surface area contributed by atoms with E-state index < -0.39 is 23.3 Å². The van der Waals surface area contributed by atoms with Gasteiger partial charge in [-0.1, -0.05) is 0 Å². The van der Waals surface area contributed by atoms with Gasteiger partial charge in [-0.3, -0.25) is 4.79 Å². The number of rotatable bonds is 5. The zero-order valence-corrected chi connectivity index (χ0v) is 13.0. The monoisotopic (exact) mass is 355 g/mol. The lowest BCUT2D eigenvalue weighted by Crippen LogP contribution is -2.11. The number of nitrogens with zero attached hydrogens (tertiary/aromatic N) is 4. The van der Waals surface area contributed by atoms with E-state index in [-0.39, 0.29) is 33.6 Å². The smallest absolute Gasteiger partial charge is 0.337 e. The van der Waals surface area contributed by atoms with Crippen molar-refractivity contribution >= 4 is 29.1 Å². The van der Waals surface area contributed by atoms with E-state index >= 15 is 0 Å². The third-order valence-corrected chi connectivity index (χ3v) is 3.35. The van der Waals surface area contributed by atoms with Crippen LogP contribution in [-0.4, -0.2) is 27.1 Å². The number of nitrogens with one attached hydrogen (secondary N) is 1. The van der Waals surface area contributed by atoms with Crippen molar-refractivity contribution in [2.45, 2.75) is 6.92 Å². The fraction of sp³-hybridized carbons (Fsp3) is 0.0667. The van der Waals surface area contributed by atoms with Crippen molar-refractivity contribution in [3.63, 3.8) is 0 Å². The average Bonchev–Trinajstić information content (AvgIpc) is 2.60. The van der Waals surface area contributed by atoms with Gasteiger partial charge >= 0.3 is 11.9 Å². The van der Waals surface area contributed by atoms with Crippen molar-refractivity contribution in [1.29, 1.82) is 5.26 Å². The number of aromatic nitrogens is 1. The van der Waals surface area contributed by atoms with Crippen LogP contribution < -0.4 is 5.56 Å². The average molecular weight is 355 g/mol. The van der Waals surface area contributed by atoms with Crippen LogP contribution in [0.1, 0.15) is 31.8 Å². The minimum atomic E-state index is -1.37. The van der Waals surface area contributed by atoms with Gasteiger partial charge in [0, 0.05) is 5.56 Å². The molecule has 0 aliphatic heterocycles. The lowest BCUT2D eigenvalue weighted by Gasteiger charge is -2.04. The molecule has 3 N–H and O–H groups in total. The number of H-pyrrole nitrogens is 1. The number of hydrogen-bond donors (Lipinski definition) is 3. The zero-order chi connectivity index (χ0) is 19.4. The highest BCUT2D eigenvalue weighted by Crippen LogP contribution is 2.32. The van der Waals surface area contributed by atoms with Gasteiger partial charge in [0.05, 0.1) is 11.1 Å². The van der Waals surface area contributed by atoms with Gasteiger partial charge in [-0.15, -0.1) is 15.1 Å². The summed E-state index contributed by atoms with van der Waals surface area (Å²) in [7, 11) is 0. The Balaban J connectivity index is 2.68. The highest BCUT2D eigenvalue weighted by atomic mass is 16.4. The highest BCUT2D eigenvalue weighted by Gasteiger charge is 2.17. The van der Waals surface area contributed by atoms with Crippen molar-refractivity contribution < 1.29 is 19.8 Å². The molecule has 0 amide bonds. The summed E-state index contributed by atoms with van der Waals surface area (Å²) in [4.78, 5) is 46.9. The van der Waals surface area contributed by atoms with Gasteiger partial charge in [0.25, 0.3) is 5.56 Å². The summed E-state index contributed by atoms with van der Waals surface area (Å²) in [6, 6.07) is 4.75. The minimum absolute atomic E-state index is 0.0147. The fourth-order valence-electron chi connectivity index (χ4n) is 2.05. The molecule has 0 saturated heterocycles. The second-order valence-corrected chi connectivity index (χ2v) is 4.90. The number of aromatic carboxylic acids is 2. The number of carboxylic acids is 2. The van der Waals surface area contributed by atoms with Crippen molar-refractivity contribution in [1.82, 2.24) is 4.98 Å². The van der Waals surface area contributed by atoms with Crippen molar-refractivity contribution in [2.24, 2.45) is 15.4 Å². The molecular formula is C15H9N5O6. The summed E-state index contributed by atoms with van der Waals surface area (Å²) < 4.78 is 0. The van der Waals surface area contributed by atoms with E-state index in [1.807, 2.05) is 0 Å². The van der Waals surface area contributed by atoms with Crippen LogP contribution in [0, 0.1) is 23.2 Å². The van der Waals surface area contributed by atoms with Crippen LogP contribution in [0.25, 0.3) is 0 Å². The number of hydrogen-bond acceptors (Lipinski definition) is 8. The summed E-state index contributed by atoms with van der Waals surface area (Å²) >= 11 is 0. The Hall–Kier alpha value is -4.20. The van der Waals surface area contributed by atoms with Gasteiger partial charge in [-0.2, -0.15) is 5.26 Å². The van der Waals surface area contributed by atoms with Crippen LogP contribution in [0.2, 0.25) is 0 Å². The van der Waals surface area contributed by atoms with Crippen LogP contribution >= 0.6 is 0 Å². The second-order valence-electron chi connectivity index (χ2n) is 4.90. The summed E-state index contributed by atoms with van der Waals surface area (Å²) in [6.07, 6.45) is 0. The summed E-state index contributed by atoms with van der Waals surface area (Å²) in [5.74, 6) is -3.18. The van der Waals surface area contributed by atoms with Gasteiger partial charge in [-0.25, -0.2) is 9.59 Å². The maximum Gasteiger partial charge on any atom is 0.337 e. The fourth-order valence-corrected chi connectivity index (χ4v) is 2.05. The van der Waals surface area contributed by atoms with Gasteiger partial charge < -0.3 is 15.2 Å². The molecule has 2 rings (SSSR count). The maximum atomic E-state index is 11.6. The molecule has 0 unspecified atom stereocenters. The van der Waals surface area contributed by atoms with Crippen LogP contribution in [0.4, 0.5) is 17.2 Å². The Kier molecular flexibility index (Phi) is 4.98. The molecule has 0 fully saturated rings. The van der Waals surface area contributed by atoms with Crippen LogP contribution in [0.5, 0.6) is 0 Å². The van der Waals surface area contributed by atoms with E-state index in [2.05, 4.69) is 20.4 Å². The molecular weight excluding hydrogens is 346 g/mol. The SMILES string of the molecule is Cc1c(N=Nc2cc(C(=O)O)ccc2C(=O)O)c(N=O)[nH]c(=O)c1C#N. The minimum Gasteiger partial charge on any atom is -0.478 e. The Morgan fingerprint density at radius 2 is 1.88 bits per heavy atom. The zero-order valence-electron chi connectivity index (χ0n) is 13.0. The van der Waals surface area contributed by atoms with Crippen molar-refractivity contribution in [3.05, 3.63) is 55.7 Å². The number of nitriles is 1. The third-order valence-electron chi connectivity index (χ3n) is 3.35. The van der Waals surface area contributed by atoms with Gasteiger partial charge in [-0.05, 0) is 30.3 Å². The quantitative estimate of drug-likeness (QED) is 0.543. The van der Waals surface area contributed by atoms with E-state index in [0.717, 1.165) is 18.2 Å². The maximum absolute atomic E-state index is 11.6. The molecule has 11 nitrogen and oxygen atoms in total. The molecule has 1 aromatic heterocycles. The molecule has 26 heavy (non-hydrogen) atoms. The Morgan fingerprint density at radius 1 is 1.19 bits per heavy atom. The molecule has 0 aliphatic rings. The number of carboxylic acid groups (broad SMARTS) is 2. The molecule has 0 spiro atoms. The first kappa shape index (κ1) is 18.1. The Labute approximate surface area is 144 Å². The highest BCUT2D eigenvalue weighted by molar-refractivity contribution is 5.96. The first-order chi connectivity index (χ1) is 12.3. The van der Waals surface area contributed by atoms with E-state index in [4.69, 9.17) is 15.5 Å². The largest absolute Gasteiger partial charge is 0.478 e. The number of carbonyl (C=O) groups is 2. The van der Waals surface area contributed by atoms with Gasteiger partial charge in [0.2, 0.25) is 5.82 Å². The van der Waals surface area contributed by atoms with E-state index in [1.54, 1.807) is 6.07 Å². The number of nitroso groups, excluding NO2 is 1. The first-order valence-corrected chi connectivity index (χ1v) is 6.82. The van der Waals surface area contributed by atoms with E-state index in [9.17, 15) is 19.3 Å². The lowest BCUT2D eigenvalue weighted by atomic mass is 10.1. The van der Waals surface area contributed by atoms with Crippen molar-refractivity contribution in [3.8, 4) is 6.07 Å². The van der Waals surface area contributed by atoms with Crippen LogP contribution in [0.3, 0.4) is 0 Å². The summed E-state index contributed by atoms with van der Waals surface area (Å²) in [5.41, 5.74) is -2.23. The molecule has 0 saturated carbocycles. The molecule has 130 valence electrons. The second kappa shape index (κ2) is 7.14. The topological polar surface area (TPSA) is 185 Å². The molecule has 0 bridgehead atoms. The molecule has 11 heteroatoms. The molecule has 2 aromatic rings. The summed E-state index contributed by atoms with van der Waals surface area (Å²) in [5, 5.41) is 37.1. The number of benzene rings is 1. The molecule has 1 aromatic carbocycles. The Bertz CT molecular complexity index is 1060.